The van der Waals surface area contributed by atoms with Gasteiger partial charge in [-0.1, -0.05) is 12.1 Å². The van der Waals surface area contributed by atoms with Crippen molar-refractivity contribution >= 4 is 17.2 Å². The third kappa shape index (κ3) is 3.96. The van der Waals surface area contributed by atoms with E-state index in [9.17, 15) is 9.18 Å². The maximum Gasteiger partial charge on any atom is 0.238 e. The number of nitrogens with one attached hydrogen (secondary N) is 3. The molecule has 1 aliphatic rings. The van der Waals surface area contributed by atoms with Gasteiger partial charge in [-0.2, -0.15) is 0 Å². The SMILES string of the molecule is Cc1ccsc1CCNC(=O)C1CC(c2ccc(F)cc2)NN1. The number of aryl methyl sites for hydroxylation is 1. The third-order valence-electron chi connectivity index (χ3n) is 4.11. The molecule has 1 aliphatic heterocycles. The van der Waals surface area contributed by atoms with E-state index in [0.29, 0.717) is 13.0 Å². The van der Waals surface area contributed by atoms with Crippen molar-refractivity contribution in [2.75, 3.05) is 6.54 Å². The lowest BCUT2D eigenvalue weighted by atomic mass is 10.0. The quantitative estimate of drug-likeness (QED) is 0.788. The van der Waals surface area contributed by atoms with Crippen LogP contribution in [-0.2, 0) is 11.2 Å². The van der Waals surface area contributed by atoms with Crippen LogP contribution in [-0.4, -0.2) is 18.5 Å². The summed E-state index contributed by atoms with van der Waals surface area (Å²) in [7, 11) is 0. The van der Waals surface area contributed by atoms with Gasteiger partial charge in [0.2, 0.25) is 5.91 Å². The standard InChI is InChI=1S/C17H20FN3OS/c1-11-7-9-23-16(11)6-8-19-17(22)15-10-14(20-21-15)12-2-4-13(18)5-3-12/h2-5,7,9,14-15,20-21H,6,8,10H2,1H3,(H,19,22). The lowest BCUT2D eigenvalue weighted by molar-refractivity contribution is -0.122. The highest BCUT2D eigenvalue weighted by molar-refractivity contribution is 7.10. The minimum absolute atomic E-state index is 0.00341. The average molecular weight is 333 g/mol. The van der Waals surface area contributed by atoms with E-state index in [-0.39, 0.29) is 23.8 Å². The first kappa shape index (κ1) is 16.1. The van der Waals surface area contributed by atoms with Crippen molar-refractivity contribution in [1.82, 2.24) is 16.2 Å². The van der Waals surface area contributed by atoms with E-state index in [1.807, 2.05) is 0 Å². The molecule has 4 nitrogen and oxygen atoms in total. The van der Waals surface area contributed by atoms with E-state index in [2.05, 4.69) is 34.5 Å². The summed E-state index contributed by atoms with van der Waals surface area (Å²) in [5.41, 5.74) is 8.38. The Balaban J connectivity index is 1.47. The number of benzene rings is 1. The van der Waals surface area contributed by atoms with Crippen LogP contribution in [0.4, 0.5) is 4.39 Å². The van der Waals surface area contributed by atoms with Crippen LogP contribution in [0.2, 0.25) is 0 Å². The van der Waals surface area contributed by atoms with Crippen LogP contribution in [0.3, 0.4) is 0 Å². The molecule has 0 aliphatic carbocycles. The molecule has 1 saturated heterocycles. The molecule has 0 saturated carbocycles. The molecule has 2 aromatic rings. The Labute approximate surface area is 139 Å². The Kier molecular flexibility index (Phi) is 5.05. The molecule has 1 aromatic heterocycles. The summed E-state index contributed by atoms with van der Waals surface area (Å²) in [6.45, 7) is 2.73. The third-order valence-corrected chi connectivity index (χ3v) is 5.19. The summed E-state index contributed by atoms with van der Waals surface area (Å²) in [5, 5.41) is 5.05. The van der Waals surface area contributed by atoms with Crippen molar-refractivity contribution in [3.63, 3.8) is 0 Å². The fourth-order valence-electron chi connectivity index (χ4n) is 2.72. The number of rotatable bonds is 5. The Bertz CT molecular complexity index is 671. The van der Waals surface area contributed by atoms with E-state index in [4.69, 9.17) is 0 Å². The van der Waals surface area contributed by atoms with Crippen LogP contribution in [0.15, 0.2) is 35.7 Å². The average Bonchev–Trinajstić information content (AvgIpc) is 3.18. The van der Waals surface area contributed by atoms with E-state index in [0.717, 1.165) is 12.0 Å². The number of halogens is 1. The predicted octanol–water partition coefficient (Wildman–Crippen LogP) is 2.46. The molecule has 2 heterocycles. The van der Waals surface area contributed by atoms with Crippen LogP contribution in [0, 0.1) is 12.7 Å². The molecule has 122 valence electrons. The van der Waals surface area contributed by atoms with Crippen LogP contribution >= 0.6 is 11.3 Å². The minimum atomic E-state index is -0.269. The van der Waals surface area contributed by atoms with Crippen LogP contribution in [0.1, 0.15) is 28.5 Å². The smallest absolute Gasteiger partial charge is 0.238 e. The van der Waals surface area contributed by atoms with Crippen LogP contribution < -0.4 is 16.2 Å². The number of carbonyl (C=O) groups excluding carboxylic acids is 1. The first-order valence-electron chi connectivity index (χ1n) is 7.70. The molecule has 0 radical (unpaired) electrons. The van der Waals surface area contributed by atoms with E-state index < -0.39 is 0 Å². The monoisotopic (exact) mass is 333 g/mol. The number of thiophene rings is 1. The van der Waals surface area contributed by atoms with Gasteiger partial charge in [-0.05, 0) is 54.5 Å². The molecule has 1 aromatic carbocycles. The van der Waals surface area contributed by atoms with Gasteiger partial charge >= 0.3 is 0 Å². The largest absolute Gasteiger partial charge is 0.354 e. The van der Waals surface area contributed by atoms with E-state index in [1.54, 1.807) is 23.5 Å². The van der Waals surface area contributed by atoms with Gasteiger partial charge in [-0.3, -0.25) is 4.79 Å². The molecular formula is C17H20FN3OS. The van der Waals surface area contributed by atoms with Crippen LogP contribution in [0.25, 0.3) is 0 Å². The second kappa shape index (κ2) is 7.21. The molecule has 23 heavy (non-hydrogen) atoms. The minimum Gasteiger partial charge on any atom is -0.354 e. The summed E-state index contributed by atoms with van der Waals surface area (Å²) in [4.78, 5) is 13.5. The zero-order valence-corrected chi connectivity index (χ0v) is 13.8. The van der Waals surface area contributed by atoms with Gasteiger partial charge in [0.25, 0.3) is 0 Å². The molecule has 0 spiro atoms. The van der Waals surface area contributed by atoms with Crippen molar-refractivity contribution in [1.29, 1.82) is 0 Å². The van der Waals surface area contributed by atoms with Gasteiger partial charge in [0.05, 0.1) is 0 Å². The molecule has 2 atom stereocenters. The second-order valence-electron chi connectivity index (χ2n) is 5.75. The number of hydrazine groups is 1. The zero-order chi connectivity index (χ0) is 16.2. The molecule has 6 heteroatoms. The van der Waals surface area contributed by atoms with E-state index >= 15 is 0 Å². The molecule has 3 N–H and O–H groups in total. The molecule has 3 rings (SSSR count). The normalized spacial score (nSPS) is 20.6. The van der Waals surface area contributed by atoms with E-state index in [1.165, 1.54) is 22.6 Å². The van der Waals surface area contributed by atoms with Gasteiger partial charge in [-0.25, -0.2) is 15.2 Å². The lowest BCUT2D eigenvalue weighted by Crippen LogP contribution is -2.43. The molecule has 1 amide bonds. The van der Waals surface area contributed by atoms with Crippen molar-refractivity contribution in [3.8, 4) is 0 Å². The molecular weight excluding hydrogens is 313 g/mol. The molecule has 1 fully saturated rings. The number of hydrogen-bond acceptors (Lipinski definition) is 4. The van der Waals surface area contributed by atoms with Crippen molar-refractivity contribution < 1.29 is 9.18 Å². The van der Waals surface area contributed by atoms with Gasteiger partial charge in [0.15, 0.2) is 0 Å². The zero-order valence-electron chi connectivity index (χ0n) is 12.9. The maximum atomic E-state index is 13.0. The summed E-state index contributed by atoms with van der Waals surface area (Å²) in [6, 6.07) is 8.21. The summed E-state index contributed by atoms with van der Waals surface area (Å²) in [6.07, 6.45) is 1.51. The predicted molar refractivity (Wildman–Crippen MR) is 89.6 cm³/mol. The fourth-order valence-corrected chi connectivity index (χ4v) is 3.63. The summed E-state index contributed by atoms with van der Waals surface area (Å²) in [5.74, 6) is -0.255. The van der Waals surface area contributed by atoms with Gasteiger partial charge in [-0.15, -0.1) is 11.3 Å². The van der Waals surface area contributed by atoms with Crippen LogP contribution in [0.5, 0.6) is 0 Å². The number of hydrogen-bond donors (Lipinski definition) is 3. The number of carbonyl (C=O) groups is 1. The molecule has 0 bridgehead atoms. The van der Waals surface area contributed by atoms with Gasteiger partial charge in [0, 0.05) is 17.5 Å². The first-order chi connectivity index (χ1) is 11.1. The fraction of sp³-hybridized carbons (Fsp3) is 0.353. The second-order valence-corrected chi connectivity index (χ2v) is 6.75. The lowest BCUT2D eigenvalue weighted by Gasteiger charge is -2.10. The summed E-state index contributed by atoms with van der Waals surface area (Å²) >= 11 is 1.72. The highest BCUT2D eigenvalue weighted by Crippen LogP contribution is 2.22. The topological polar surface area (TPSA) is 53.2 Å². The molecule has 2 unspecified atom stereocenters. The highest BCUT2D eigenvalue weighted by Gasteiger charge is 2.29. The van der Waals surface area contributed by atoms with Crippen molar-refractivity contribution in [2.45, 2.75) is 31.8 Å². The summed E-state index contributed by atoms with van der Waals surface area (Å²) < 4.78 is 13.0. The Hall–Kier alpha value is -1.76. The van der Waals surface area contributed by atoms with Gasteiger partial charge in [0.1, 0.15) is 11.9 Å². The number of amides is 1. The highest BCUT2D eigenvalue weighted by atomic mass is 32.1. The Morgan fingerprint density at radius 1 is 1.30 bits per heavy atom. The Morgan fingerprint density at radius 3 is 2.78 bits per heavy atom. The first-order valence-corrected chi connectivity index (χ1v) is 8.58. The van der Waals surface area contributed by atoms with Crippen molar-refractivity contribution in [2.24, 2.45) is 0 Å². The Morgan fingerprint density at radius 2 is 2.09 bits per heavy atom. The van der Waals surface area contributed by atoms with Crippen molar-refractivity contribution in [3.05, 3.63) is 57.5 Å². The maximum absolute atomic E-state index is 13.0. The van der Waals surface area contributed by atoms with Gasteiger partial charge < -0.3 is 5.32 Å².